The van der Waals surface area contributed by atoms with Crippen molar-refractivity contribution in [1.29, 1.82) is 0 Å². The molecule has 31 heavy (non-hydrogen) atoms. The van der Waals surface area contributed by atoms with Crippen molar-refractivity contribution in [3.8, 4) is 11.5 Å². The van der Waals surface area contributed by atoms with Gasteiger partial charge in [-0.25, -0.2) is 4.79 Å². The number of thioether (sulfide) groups is 1. The lowest BCUT2D eigenvalue weighted by Crippen LogP contribution is -2.39. The molecule has 10 heteroatoms. The summed E-state index contributed by atoms with van der Waals surface area (Å²) in [6.45, 7) is 5.85. The standard InChI is InChI=1S/C21H21BrN2O5S2/c1-5-28-16-9-14(8-15(22)19(16)29-11-18(25)27-4)10-17-20(26)24(21(30)31-17)23-12(2)6-7-13(23)3/h6-10H,5,11H2,1-4H3/b17-10-. The molecule has 1 aromatic heterocycles. The molecule has 7 nitrogen and oxygen atoms in total. The Morgan fingerprint density at radius 3 is 2.52 bits per heavy atom. The maximum atomic E-state index is 13.1. The lowest BCUT2D eigenvalue weighted by Gasteiger charge is -2.20. The minimum Gasteiger partial charge on any atom is -0.490 e. The second kappa shape index (κ2) is 9.88. The topological polar surface area (TPSA) is 70.0 Å². The van der Waals surface area contributed by atoms with E-state index in [4.69, 9.17) is 21.7 Å². The van der Waals surface area contributed by atoms with E-state index in [2.05, 4.69) is 20.7 Å². The summed E-state index contributed by atoms with van der Waals surface area (Å²) in [6, 6.07) is 7.42. The van der Waals surface area contributed by atoms with E-state index in [9.17, 15) is 9.59 Å². The van der Waals surface area contributed by atoms with E-state index in [0.29, 0.717) is 31.8 Å². The number of nitrogens with zero attached hydrogens (tertiary/aromatic N) is 2. The number of hydrogen-bond donors (Lipinski definition) is 0. The second-order valence-electron chi connectivity index (χ2n) is 6.55. The van der Waals surface area contributed by atoms with Crippen LogP contribution in [-0.4, -0.2) is 41.2 Å². The predicted octanol–water partition coefficient (Wildman–Crippen LogP) is 4.36. The molecule has 1 aliphatic heterocycles. The van der Waals surface area contributed by atoms with Crippen LogP contribution in [0.15, 0.2) is 33.6 Å². The van der Waals surface area contributed by atoms with Crippen LogP contribution < -0.4 is 14.5 Å². The summed E-state index contributed by atoms with van der Waals surface area (Å²) in [6.07, 6.45) is 1.75. The Kier molecular flexibility index (Phi) is 7.45. The SMILES string of the molecule is CCOc1cc(/C=C2\SC(=S)N(n3c(C)ccc3C)C2=O)cc(Br)c1OCC(=O)OC. The van der Waals surface area contributed by atoms with E-state index in [1.807, 2.05) is 37.6 Å². The average molecular weight is 525 g/mol. The van der Waals surface area contributed by atoms with Gasteiger partial charge in [0.1, 0.15) is 0 Å². The van der Waals surface area contributed by atoms with Crippen LogP contribution in [0.2, 0.25) is 0 Å². The number of rotatable bonds is 7. The molecule has 1 aliphatic rings. The van der Waals surface area contributed by atoms with E-state index >= 15 is 0 Å². The van der Waals surface area contributed by atoms with Crippen molar-refractivity contribution in [3.05, 3.63) is 50.6 Å². The minimum absolute atomic E-state index is 0.197. The van der Waals surface area contributed by atoms with E-state index in [-0.39, 0.29) is 12.5 Å². The van der Waals surface area contributed by atoms with E-state index in [1.54, 1.807) is 18.2 Å². The summed E-state index contributed by atoms with van der Waals surface area (Å²) >= 11 is 10.2. The smallest absolute Gasteiger partial charge is 0.343 e. The Morgan fingerprint density at radius 1 is 1.23 bits per heavy atom. The fourth-order valence-corrected chi connectivity index (χ4v) is 4.84. The maximum Gasteiger partial charge on any atom is 0.343 e. The maximum absolute atomic E-state index is 13.1. The van der Waals surface area contributed by atoms with Crippen LogP contribution in [0.1, 0.15) is 23.9 Å². The molecule has 0 saturated carbocycles. The third kappa shape index (κ3) is 4.97. The number of aromatic nitrogens is 1. The first kappa shape index (κ1) is 23.4. The summed E-state index contributed by atoms with van der Waals surface area (Å²) in [5.41, 5.74) is 2.56. The van der Waals surface area contributed by atoms with Crippen molar-refractivity contribution >= 4 is 62.2 Å². The second-order valence-corrected chi connectivity index (χ2v) is 9.08. The summed E-state index contributed by atoms with van der Waals surface area (Å²) < 4.78 is 18.7. The number of carbonyl (C=O) groups is 2. The highest BCUT2D eigenvalue weighted by molar-refractivity contribution is 9.10. The van der Waals surface area contributed by atoms with Gasteiger partial charge in [0.15, 0.2) is 22.4 Å². The summed E-state index contributed by atoms with van der Waals surface area (Å²) in [5.74, 6) is 0.130. The van der Waals surface area contributed by atoms with Gasteiger partial charge in [-0.15, -0.1) is 0 Å². The van der Waals surface area contributed by atoms with Crippen LogP contribution in [0.3, 0.4) is 0 Å². The van der Waals surface area contributed by atoms with Gasteiger partial charge < -0.3 is 14.2 Å². The summed E-state index contributed by atoms with van der Waals surface area (Å²) in [4.78, 5) is 25.0. The first-order valence-electron chi connectivity index (χ1n) is 9.36. The number of ether oxygens (including phenoxy) is 3. The number of amides is 1. The van der Waals surface area contributed by atoms with Gasteiger partial charge in [-0.3, -0.25) is 9.47 Å². The average Bonchev–Trinajstić information content (AvgIpc) is 3.18. The molecule has 1 amide bonds. The number of esters is 1. The minimum atomic E-state index is -0.502. The Morgan fingerprint density at radius 2 is 1.90 bits per heavy atom. The molecule has 0 unspecified atom stereocenters. The van der Waals surface area contributed by atoms with E-state index < -0.39 is 5.97 Å². The van der Waals surface area contributed by atoms with Gasteiger partial charge in [0.05, 0.1) is 23.1 Å². The lowest BCUT2D eigenvalue weighted by atomic mass is 10.2. The Bertz CT molecular complexity index is 1060. The molecular weight excluding hydrogens is 504 g/mol. The van der Waals surface area contributed by atoms with Crippen molar-refractivity contribution in [2.24, 2.45) is 0 Å². The number of methoxy groups -OCH3 is 1. The number of hydrogen-bond acceptors (Lipinski definition) is 7. The monoisotopic (exact) mass is 524 g/mol. The molecule has 0 spiro atoms. The van der Waals surface area contributed by atoms with Crippen LogP contribution >= 0.6 is 39.9 Å². The summed E-state index contributed by atoms with van der Waals surface area (Å²) in [7, 11) is 1.29. The van der Waals surface area contributed by atoms with Gasteiger partial charge in [-0.05, 0) is 84.8 Å². The summed E-state index contributed by atoms with van der Waals surface area (Å²) in [5, 5.41) is 1.50. The fraction of sp³-hybridized carbons (Fsp3) is 0.286. The largest absolute Gasteiger partial charge is 0.490 e. The molecule has 0 bridgehead atoms. The van der Waals surface area contributed by atoms with Crippen LogP contribution in [-0.2, 0) is 14.3 Å². The normalized spacial score (nSPS) is 15.0. The van der Waals surface area contributed by atoms with Crippen molar-refractivity contribution in [1.82, 2.24) is 4.68 Å². The number of thiocarbonyl (C=S) groups is 1. The zero-order valence-corrected chi connectivity index (χ0v) is 20.7. The molecular formula is C21H21BrN2O5S2. The number of halogens is 1. The molecule has 2 aromatic rings. The van der Waals surface area contributed by atoms with Crippen LogP contribution in [0, 0.1) is 13.8 Å². The van der Waals surface area contributed by atoms with Crippen molar-refractivity contribution in [3.63, 3.8) is 0 Å². The highest BCUT2D eigenvalue weighted by Crippen LogP contribution is 2.39. The molecule has 0 atom stereocenters. The van der Waals surface area contributed by atoms with Gasteiger partial charge >= 0.3 is 5.97 Å². The zero-order valence-electron chi connectivity index (χ0n) is 17.4. The lowest BCUT2D eigenvalue weighted by molar-refractivity contribution is -0.142. The van der Waals surface area contributed by atoms with Gasteiger partial charge in [-0.2, -0.15) is 5.01 Å². The quantitative estimate of drug-likeness (QED) is 0.302. The van der Waals surface area contributed by atoms with Gasteiger partial charge in [0.25, 0.3) is 5.91 Å². The first-order chi connectivity index (χ1) is 14.8. The van der Waals surface area contributed by atoms with Crippen molar-refractivity contribution in [2.75, 3.05) is 25.3 Å². The van der Waals surface area contributed by atoms with Crippen LogP contribution in [0.25, 0.3) is 6.08 Å². The molecule has 1 aromatic carbocycles. The Hall–Kier alpha value is -2.30. The highest BCUT2D eigenvalue weighted by atomic mass is 79.9. The van der Waals surface area contributed by atoms with Gasteiger partial charge in [-0.1, -0.05) is 11.8 Å². The fourth-order valence-electron chi connectivity index (χ4n) is 3.02. The van der Waals surface area contributed by atoms with E-state index in [0.717, 1.165) is 17.0 Å². The third-order valence-electron chi connectivity index (χ3n) is 4.40. The molecule has 0 aliphatic carbocycles. The van der Waals surface area contributed by atoms with Gasteiger partial charge in [0.2, 0.25) is 0 Å². The van der Waals surface area contributed by atoms with Gasteiger partial charge in [0, 0.05) is 11.4 Å². The molecule has 3 rings (SSSR count). The molecule has 1 fully saturated rings. The molecule has 0 radical (unpaired) electrons. The van der Waals surface area contributed by atoms with Crippen molar-refractivity contribution in [2.45, 2.75) is 20.8 Å². The predicted molar refractivity (Wildman–Crippen MR) is 128 cm³/mol. The highest BCUT2D eigenvalue weighted by Gasteiger charge is 2.34. The molecule has 2 heterocycles. The van der Waals surface area contributed by atoms with Crippen LogP contribution in [0.5, 0.6) is 11.5 Å². The van der Waals surface area contributed by atoms with E-state index in [1.165, 1.54) is 23.9 Å². The Balaban J connectivity index is 1.93. The van der Waals surface area contributed by atoms with Crippen LogP contribution in [0.4, 0.5) is 0 Å². The number of benzene rings is 1. The number of aryl methyl sites for hydroxylation is 2. The molecule has 0 N–H and O–H groups in total. The Labute approximate surface area is 198 Å². The zero-order chi connectivity index (χ0) is 22.7. The molecule has 164 valence electrons. The third-order valence-corrected chi connectivity index (χ3v) is 6.27. The number of carbonyl (C=O) groups excluding carboxylic acids is 2. The first-order valence-corrected chi connectivity index (χ1v) is 11.4. The molecule has 1 saturated heterocycles. The van der Waals surface area contributed by atoms with Crippen molar-refractivity contribution < 1.29 is 23.8 Å².